The molecule has 2 amide bonds. The summed E-state index contributed by atoms with van der Waals surface area (Å²) in [5, 5.41) is 0. The highest BCUT2D eigenvalue weighted by Gasteiger charge is 2.36. The van der Waals surface area contributed by atoms with E-state index in [4.69, 9.17) is 11.5 Å². The molecule has 0 heterocycles. The van der Waals surface area contributed by atoms with Crippen LogP contribution in [0.15, 0.2) is 0 Å². The number of hydrogen-bond donors (Lipinski definition) is 2. The fraction of sp³-hybridized carbons (Fsp3) is 0.833. The molecule has 0 aromatic rings. The Morgan fingerprint density at radius 1 is 1.12 bits per heavy atom. The maximum atomic E-state index is 11.2. The number of primary amides is 2. The van der Waals surface area contributed by atoms with E-state index >= 15 is 0 Å². The molecule has 0 aromatic carbocycles. The van der Waals surface area contributed by atoms with E-state index in [1.807, 2.05) is 34.6 Å². The van der Waals surface area contributed by atoms with Gasteiger partial charge < -0.3 is 11.5 Å². The first kappa shape index (κ1) is 14.9. The number of carbonyl (C=O) groups is 2. The van der Waals surface area contributed by atoms with E-state index in [1.165, 1.54) is 0 Å². The lowest BCUT2D eigenvalue weighted by atomic mass is 9.67. The Morgan fingerprint density at radius 2 is 1.56 bits per heavy atom. The summed E-state index contributed by atoms with van der Waals surface area (Å²) < 4.78 is 0. The second-order valence-corrected chi connectivity index (χ2v) is 6.10. The lowest BCUT2D eigenvalue weighted by Crippen LogP contribution is -2.37. The van der Waals surface area contributed by atoms with Gasteiger partial charge in [-0.3, -0.25) is 9.59 Å². The lowest BCUT2D eigenvalue weighted by Gasteiger charge is -2.37. The van der Waals surface area contributed by atoms with E-state index in [-0.39, 0.29) is 28.6 Å². The van der Waals surface area contributed by atoms with Crippen LogP contribution in [0, 0.1) is 16.7 Å². The minimum absolute atomic E-state index is 0.209. The van der Waals surface area contributed by atoms with Crippen LogP contribution in [-0.2, 0) is 9.59 Å². The highest BCUT2D eigenvalue weighted by Crippen LogP contribution is 2.40. The third-order valence-corrected chi connectivity index (χ3v) is 3.19. The van der Waals surface area contributed by atoms with Gasteiger partial charge in [-0.15, -0.1) is 0 Å². The summed E-state index contributed by atoms with van der Waals surface area (Å²) in [7, 11) is 0. The molecule has 0 aromatic heterocycles. The Balaban J connectivity index is 4.68. The van der Waals surface area contributed by atoms with E-state index in [0.717, 1.165) is 6.42 Å². The third kappa shape index (κ3) is 4.64. The maximum absolute atomic E-state index is 11.2. The summed E-state index contributed by atoms with van der Waals surface area (Å²) >= 11 is 0. The van der Waals surface area contributed by atoms with Crippen molar-refractivity contribution in [3.05, 3.63) is 0 Å². The van der Waals surface area contributed by atoms with E-state index in [2.05, 4.69) is 0 Å². The van der Waals surface area contributed by atoms with Crippen LogP contribution in [0.2, 0.25) is 0 Å². The molecule has 0 saturated heterocycles. The van der Waals surface area contributed by atoms with Crippen molar-refractivity contribution in [1.29, 1.82) is 0 Å². The zero-order valence-corrected chi connectivity index (χ0v) is 11.0. The Labute approximate surface area is 97.8 Å². The largest absolute Gasteiger partial charge is 0.370 e. The molecule has 4 N–H and O–H groups in total. The van der Waals surface area contributed by atoms with Gasteiger partial charge in [0.15, 0.2) is 0 Å². The summed E-state index contributed by atoms with van der Waals surface area (Å²) in [6, 6.07) is 0. The van der Waals surface area contributed by atoms with Crippen molar-refractivity contribution in [1.82, 2.24) is 0 Å². The van der Waals surface area contributed by atoms with Crippen molar-refractivity contribution in [2.24, 2.45) is 28.2 Å². The average Bonchev–Trinajstić information content (AvgIpc) is 1.97. The van der Waals surface area contributed by atoms with Crippen molar-refractivity contribution in [2.75, 3.05) is 0 Å². The predicted octanol–water partition coefficient (Wildman–Crippen LogP) is 1.43. The van der Waals surface area contributed by atoms with E-state index in [1.54, 1.807) is 0 Å². The molecule has 0 fully saturated rings. The number of nitrogens with two attached hydrogens (primary N) is 2. The number of amides is 2. The molecule has 4 nitrogen and oxygen atoms in total. The van der Waals surface area contributed by atoms with Gasteiger partial charge in [0, 0.05) is 12.3 Å². The van der Waals surface area contributed by atoms with Gasteiger partial charge in [-0.2, -0.15) is 0 Å². The molecule has 0 rings (SSSR count). The highest BCUT2D eigenvalue weighted by molar-refractivity contribution is 5.77. The van der Waals surface area contributed by atoms with Crippen molar-refractivity contribution in [3.63, 3.8) is 0 Å². The zero-order valence-electron chi connectivity index (χ0n) is 11.0. The number of carbonyl (C=O) groups excluding carboxylic acids is 2. The molecule has 0 bridgehead atoms. The minimum Gasteiger partial charge on any atom is -0.370 e. The first-order valence-electron chi connectivity index (χ1n) is 5.55. The van der Waals surface area contributed by atoms with Crippen LogP contribution in [0.25, 0.3) is 0 Å². The standard InChI is InChI=1S/C12H24N2O2/c1-8(10(14)16)12(4,5)7-11(2,3)6-9(13)15/h8H,6-7H2,1-5H3,(H2,13,15)(H2,14,16). The zero-order chi connectivity index (χ0) is 13.1. The van der Waals surface area contributed by atoms with Crippen molar-refractivity contribution in [3.8, 4) is 0 Å². The van der Waals surface area contributed by atoms with Gasteiger partial charge in [-0.05, 0) is 17.3 Å². The smallest absolute Gasteiger partial charge is 0.220 e. The fourth-order valence-electron chi connectivity index (χ4n) is 2.31. The van der Waals surface area contributed by atoms with Gasteiger partial charge in [0.2, 0.25) is 11.8 Å². The van der Waals surface area contributed by atoms with Gasteiger partial charge in [0.05, 0.1) is 0 Å². The third-order valence-electron chi connectivity index (χ3n) is 3.19. The summed E-state index contributed by atoms with van der Waals surface area (Å²) in [5.74, 6) is -0.841. The molecule has 0 spiro atoms. The van der Waals surface area contributed by atoms with Crippen molar-refractivity contribution >= 4 is 11.8 Å². The van der Waals surface area contributed by atoms with Crippen LogP contribution >= 0.6 is 0 Å². The molecule has 0 aliphatic carbocycles. The monoisotopic (exact) mass is 228 g/mol. The second-order valence-electron chi connectivity index (χ2n) is 6.10. The van der Waals surface area contributed by atoms with Crippen molar-refractivity contribution < 1.29 is 9.59 Å². The van der Waals surface area contributed by atoms with Gasteiger partial charge in [0.25, 0.3) is 0 Å². The molecular weight excluding hydrogens is 204 g/mol. The Morgan fingerprint density at radius 3 is 1.88 bits per heavy atom. The molecule has 0 aliphatic heterocycles. The first-order valence-corrected chi connectivity index (χ1v) is 5.55. The summed E-state index contributed by atoms with van der Waals surface area (Å²) in [6.45, 7) is 9.76. The highest BCUT2D eigenvalue weighted by atomic mass is 16.1. The molecule has 94 valence electrons. The molecule has 16 heavy (non-hydrogen) atoms. The average molecular weight is 228 g/mol. The topological polar surface area (TPSA) is 86.2 Å². The molecule has 0 aliphatic rings. The minimum atomic E-state index is -0.312. The van der Waals surface area contributed by atoms with Crippen LogP contribution in [0.1, 0.15) is 47.5 Å². The van der Waals surface area contributed by atoms with Crippen molar-refractivity contribution in [2.45, 2.75) is 47.5 Å². The van der Waals surface area contributed by atoms with Crippen LogP contribution in [0.3, 0.4) is 0 Å². The van der Waals surface area contributed by atoms with E-state index < -0.39 is 0 Å². The first-order chi connectivity index (χ1) is 6.98. The number of rotatable bonds is 6. The van der Waals surface area contributed by atoms with Crippen LogP contribution < -0.4 is 11.5 Å². The number of hydrogen-bond acceptors (Lipinski definition) is 2. The van der Waals surface area contributed by atoms with E-state index in [9.17, 15) is 9.59 Å². The van der Waals surface area contributed by atoms with Gasteiger partial charge >= 0.3 is 0 Å². The quantitative estimate of drug-likeness (QED) is 0.720. The Bertz CT molecular complexity index is 283. The molecule has 0 saturated carbocycles. The van der Waals surface area contributed by atoms with Crippen LogP contribution in [0.5, 0.6) is 0 Å². The SMILES string of the molecule is CC(C(N)=O)C(C)(C)CC(C)(C)CC(N)=O. The molecule has 4 heteroatoms. The van der Waals surface area contributed by atoms with Gasteiger partial charge in [-0.1, -0.05) is 34.6 Å². The predicted molar refractivity (Wildman–Crippen MR) is 64.3 cm³/mol. The van der Waals surface area contributed by atoms with Gasteiger partial charge in [-0.25, -0.2) is 0 Å². The summed E-state index contributed by atoms with van der Waals surface area (Å²) in [4.78, 5) is 22.1. The summed E-state index contributed by atoms with van der Waals surface area (Å²) in [5.41, 5.74) is 10.1. The van der Waals surface area contributed by atoms with E-state index in [0.29, 0.717) is 6.42 Å². The molecule has 1 unspecified atom stereocenters. The van der Waals surface area contributed by atoms with Gasteiger partial charge in [0.1, 0.15) is 0 Å². The lowest BCUT2D eigenvalue weighted by molar-refractivity contribution is -0.125. The molecule has 0 radical (unpaired) electrons. The Hall–Kier alpha value is -1.06. The summed E-state index contributed by atoms with van der Waals surface area (Å²) in [6.07, 6.45) is 1.05. The second kappa shape index (κ2) is 4.85. The van der Waals surface area contributed by atoms with Crippen LogP contribution in [0.4, 0.5) is 0 Å². The normalized spacial score (nSPS) is 14.6. The molecule has 1 atom stereocenters. The molecular formula is C12H24N2O2. The maximum Gasteiger partial charge on any atom is 0.220 e. The van der Waals surface area contributed by atoms with Crippen LogP contribution in [-0.4, -0.2) is 11.8 Å². The Kier molecular flexibility index (Phi) is 4.53. The fourth-order valence-corrected chi connectivity index (χ4v) is 2.31.